The van der Waals surface area contributed by atoms with E-state index in [0.29, 0.717) is 0 Å². The van der Waals surface area contributed by atoms with E-state index in [9.17, 15) is 0 Å². The first-order valence-electron chi connectivity index (χ1n) is 4.80. The molecule has 0 saturated carbocycles. The van der Waals surface area contributed by atoms with E-state index in [4.69, 9.17) is 5.73 Å². The number of fused-ring (bicyclic) bond motifs is 1. The van der Waals surface area contributed by atoms with Crippen molar-refractivity contribution in [1.29, 1.82) is 0 Å². The molecule has 0 saturated heterocycles. The highest BCUT2D eigenvalue weighted by Crippen LogP contribution is 2.18. The second-order valence-corrected chi connectivity index (χ2v) is 3.43. The third kappa shape index (κ3) is 1.59. The van der Waals surface area contributed by atoms with Gasteiger partial charge < -0.3 is 15.6 Å². The molecule has 3 heteroatoms. The molecule has 3 nitrogen and oxygen atoms in total. The average molecular weight is 189 g/mol. The molecule has 14 heavy (non-hydrogen) atoms. The molecule has 0 amide bonds. The number of hydrogen-bond acceptors (Lipinski definition) is 2. The van der Waals surface area contributed by atoms with Crippen LogP contribution in [0.5, 0.6) is 0 Å². The monoisotopic (exact) mass is 189 g/mol. The predicted molar refractivity (Wildman–Crippen MR) is 60.3 cm³/mol. The van der Waals surface area contributed by atoms with Crippen molar-refractivity contribution in [3.05, 3.63) is 30.5 Å². The first-order chi connectivity index (χ1) is 6.81. The zero-order valence-corrected chi connectivity index (χ0v) is 8.33. The number of nitrogens with zero attached hydrogens (tertiary/aromatic N) is 1. The minimum Gasteiger partial charge on any atom is -0.399 e. The summed E-state index contributed by atoms with van der Waals surface area (Å²) in [5, 5.41) is 4.35. The summed E-state index contributed by atoms with van der Waals surface area (Å²) in [6, 6.07) is 8.12. The molecule has 0 fully saturated rings. The van der Waals surface area contributed by atoms with Crippen molar-refractivity contribution < 1.29 is 0 Å². The lowest BCUT2D eigenvalue weighted by atomic mass is 10.2. The maximum atomic E-state index is 5.71. The van der Waals surface area contributed by atoms with Gasteiger partial charge in [-0.25, -0.2) is 0 Å². The molecule has 0 aliphatic heterocycles. The predicted octanol–water partition coefficient (Wildman–Crippen LogP) is 1.44. The van der Waals surface area contributed by atoms with Gasteiger partial charge in [0.05, 0.1) is 0 Å². The number of rotatable bonds is 3. The van der Waals surface area contributed by atoms with Gasteiger partial charge in [0.15, 0.2) is 0 Å². The van der Waals surface area contributed by atoms with Crippen LogP contribution >= 0.6 is 0 Å². The van der Waals surface area contributed by atoms with E-state index >= 15 is 0 Å². The van der Waals surface area contributed by atoms with Gasteiger partial charge in [0.2, 0.25) is 0 Å². The van der Waals surface area contributed by atoms with E-state index < -0.39 is 0 Å². The number of hydrogen-bond donors (Lipinski definition) is 2. The topological polar surface area (TPSA) is 43.0 Å². The molecule has 74 valence electrons. The highest BCUT2D eigenvalue weighted by atomic mass is 15.0. The van der Waals surface area contributed by atoms with Crippen LogP contribution in [0.4, 0.5) is 5.69 Å². The van der Waals surface area contributed by atoms with Gasteiger partial charge in [-0.05, 0) is 31.3 Å². The van der Waals surface area contributed by atoms with Crippen molar-refractivity contribution in [3.63, 3.8) is 0 Å². The van der Waals surface area contributed by atoms with Gasteiger partial charge in [-0.15, -0.1) is 0 Å². The zero-order valence-electron chi connectivity index (χ0n) is 8.33. The number of anilines is 1. The molecule has 0 unspecified atom stereocenters. The maximum absolute atomic E-state index is 5.71. The number of nitrogens with one attached hydrogen (secondary N) is 1. The van der Waals surface area contributed by atoms with Crippen LogP contribution < -0.4 is 11.1 Å². The zero-order chi connectivity index (χ0) is 9.97. The van der Waals surface area contributed by atoms with Gasteiger partial charge in [0.1, 0.15) is 0 Å². The first-order valence-corrected chi connectivity index (χ1v) is 4.80. The van der Waals surface area contributed by atoms with Crippen LogP contribution in [0.15, 0.2) is 30.5 Å². The smallest absolute Gasteiger partial charge is 0.0482 e. The average Bonchev–Trinajstić information content (AvgIpc) is 2.57. The number of likely N-dealkylation sites (N-methyl/N-ethyl adjacent to an activating group) is 1. The number of aromatic nitrogens is 1. The fourth-order valence-electron chi connectivity index (χ4n) is 1.65. The molecular weight excluding hydrogens is 174 g/mol. The highest BCUT2D eigenvalue weighted by Gasteiger charge is 1.99. The van der Waals surface area contributed by atoms with Crippen LogP contribution in [-0.4, -0.2) is 18.2 Å². The molecule has 0 aliphatic rings. The second-order valence-electron chi connectivity index (χ2n) is 3.43. The van der Waals surface area contributed by atoms with E-state index in [-0.39, 0.29) is 0 Å². The Balaban J connectivity index is 2.37. The summed E-state index contributed by atoms with van der Waals surface area (Å²) < 4.78 is 2.23. The molecule has 1 aromatic heterocycles. The molecule has 3 N–H and O–H groups in total. The molecular formula is C11H15N3. The number of nitrogen functional groups attached to an aromatic ring is 1. The third-order valence-corrected chi connectivity index (χ3v) is 2.40. The SMILES string of the molecule is CNCCn1ccc2cc(N)ccc21. The minimum atomic E-state index is 0.823. The van der Waals surface area contributed by atoms with Gasteiger partial charge >= 0.3 is 0 Å². The largest absolute Gasteiger partial charge is 0.399 e. The van der Waals surface area contributed by atoms with Gasteiger partial charge in [0, 0.05) is 35.9 Å². The maximum Gasteiger partial charge on any atom is 0.0482 e. The van der Waals surface area contributed by atoms with E-state index in [1.807, 2.05) is 19.2 Å². The molecule has 0 bridgehead atoms. The normalized spacial score (nSPS) is 10.9. The van der Waals surface area contributed by atoms with E-state index in [1.165, 1.54) is 10.9 Å². The molecule has 0 atom stereocenters. The Labute approximate surface area is 83.5 Å². The standard InChI is InChI=1S/C11H15N3/c1-13-5-7-14-6-4-9-8-10(12)2-3-11(9)14/h2-4,6,8,13H,5,7,12H2,1H3. The van der Waals surface area contributed by atoms with E-state index in [1.54, 1.807) is 0 Å². The quantitative estimate of drug-likeness (QED) is 0.717. The minimum absolute atomic E-state index is 0.823. The Kier molecular flexibility index (Phi) is 2.41. The summed E-state index contributed by atoms with van der Waals surface area (Å²) >= 11 is 0. The fourth-order valence-corrected chi connectivity index (χ4v) is 1.65. The van der Waals surface area contributed by atoms with Crippen LogP contribution in [0.1, 0.15) is 0 Å². The van der Waals surface area contributed by atoms with Crippen molar-refractivity contribution in [1.82, 2.24) is 9.88 Å². The molecule has 2 aromatic rings. The molecule has 1 heterocycles. The molecule has 0 radical (unpaired) electrons. The molecule has 0 spiro atoms. The molecule has 0 aliphatic carbocycles. The van der Waals surface area contributed by atoms with Crippen molar-refractivity contribution in [3.8, 4) is 0 Å². The summed E-state index contributed by atoms with van der Waals surface area (Å²) in [6.07, 6.45) is 2.10. The number of nitrogens with two attached hydrogens (primary N) is 1. The summed E-state index contributed by atoms with van der Waals surface area (Å²) in [4.78, 5) is 0. The fraction of sp³-hybridized carbons (Fsp3) is 0.273. The lowest BCUT2D eigenvalue weighted by molar-refractivity contribution is 0.662. The Morgan fingerprint density at radius 2 is 2.21 bits per heavy atom. The van der Waals surface area contributed by atoms with Crippen molar-refractivity contribution in [2.24, 2.45) is 0 Å². The van der Waals surface area contributed by atoms with Gasteiger partial charge in [-0.2, -0.15) is 0 Å². The summed E-state index contributed by atoms with van der Waals surface area (Å²) in [6.45, 7) is 1.97. The Hall–Kier alpha value is -1.48. The van der Waals surface area contributed by atoms with Crippen molar-refractivity contribution in [2.75, 3.05) is 19.3 Å². The van der Waals surface area contributed by atoms with Crippen molar-refractivity contribution >= 4 is 16.6 Å². The summed E-state index contributed by atoms with van der Waals surface area (Å²) in [5.74, 6) is 0. The van der Waals surface area contributed by atoms with Gasteiger partial charge in [-0.3, -0.25) is 0 Å². The summed E-state index contributed by atoms with van der Waals surface area (Å²) in [5.41, 5.74) is 7.78. The highest BCUT2D eigenvalue weighted by molar-refractivity contribution is 5.83. The van der Waals surface area contributed by atoms with Crippen LogP contribution in [0.3, 0.4) is 0 Å². The molecule has 1 aromatic carbocycles. The van der Waals surface area contributed by atoms with Gasteiger partial charge in [-0.1, -0.05) is 0 Å². The van der Waals surface area contributed by atoms with Crippen LogP contribution in [0.2, 0.25) is 0 Å². The number of benzene rings is 1. The lowest BCUT2D eigenvalue weighted by Gasteiger charge is -2.04. The van der Waals surface area contributed by atoms with Crippen LogP contribution in [0, 0.1) is 0 Å². The van der Waals surface area contributed by atoms with E-state index in [0.717, 1.165) is 18.8 Å². The first kappa shape index (κ1) is 9.09. The van der Waals surface area contributed by atoms with Crippen LogP contribution in [-0.2, 0) is 6.54 Å². The Morgan fingerprint density at radius 3 is 3.00 bits per heavy atom. The third-order valence-electron chi connectivity index (χ3n) is 2.40. The lowest BCUT2D eigenvalue weighted by Crippen LogP contribution is -2.14. The second kappa shape index (κ2) is 3.72. The molecule has 2 rings (SSSR count). The summed E-state index contributed by atoms with van der Waals surface area (Å²) in [7, 11) is 1.96. The van der Waals surface area contributed by atoms with Crippen molar-refractivity contribution in [2.45, 2.75) is 6.54 Å². The Bertz CT molecular complexity index is 431. The van der Waals surface area contributed by atoms with Gasteiger partial charge in [0.25, 0.3) is 0 Å². The van der Waals surface area contributed by atoms with Crippen LogP contribution in [0.25, 0.3) is 10.9 Å². The Morgan fingerprint density at radius 1 is 1.36 bits per heavy atom. The van der Waals surface area contributed by atoms with E-state index in [2.05, 4.69) is 28.2 Å².